The number of benzene rings is 1. The van der Waals surface area contributed by atoms with Gasteiger partial charge in [0.1, 0.15) is 18.8 Å². The first-order valence-corrected chi connectivity index (χ1v) is 16.4. The Bertz CT molecular complexity index is 1250. The number of hydrogen-bond donors (Lipinski definition) is 2. The topological polar surface area (TPSA) is 171 Å². The molecule has 2 aromatic rings. The molecular formula is C30H41N2O11P. The number of carboxylic acids is 1. The van der Waals surface area contributed by atoms with Gasteiger partial charge >= 0.3 is 25.6 Å². The van der Waals surface area contributed by atoms with Gasteiger partial charge < -0.3 is 33.7 Å². The standard InChI is InChI=1S/C30H41N2O11P/c1-3-4-17-26(42-29(36)25-16-11-20-40-25)44(38,39-2)43-24(27(33)32-19-10-14-23(32)28(34)35)15-8-9-18-31-30(37)41-21-22-12-6-5-7-13-22/h5-7,11-13,16,20,23-24,26H,3-4,8-10,14-15,17-19,21H2,1-2H3,(H,31,37)(H,34,35)/t23-,24?,26-,44?/m0/s1. The lowest BCUT2D eigenvalue weighted by Crippen LogP contribution is -2.46. The Morgan fingerprint density at radius 2 is 1.86 bits per heavy atom. The zero-order valence-electron chi connectivity index (χ0n) is 25.1. The zero-order chi connectivity index (χ0) is 32.0. The molecule has 1 aromatic carbocycles. The maximum Gasteiger partial charge on any atom is 0.407 e. The summed E-state index contributed by atoms with van der Waals surface area (Å²) in [7, 11) is -3.13. The molecule has 2 heterocycles. The number of rotatable bonds is 18. The van der Waals surface area contributed by atoms with E-state index in [0.29, 0.717) is 32.1 Å². The van der Waals surface area contributed by atoms with Gasteiger partial charge in [0.15, 0.2) is 0 Å². The molecule has 4 atom stereocenters. The molecule has 0 spiro atoms. The van der Waals surface area contributed by atoms with Crippen LogP contribution in [0.3, 0.4) is 0 Å². The second kappa shape index (κ2) is 17.6. The van der Waals surface area contributed by atoms with Gasteiger partial charge in [0.2, 0.25) is 11.6 Å². The van der Waals surface area contributed by atoms with Gasteiger partial charge in [-0.05, 0) is 62.6 Å². The number of nitrogens with one attached hydrogen (secondary N) is 1. The fourth-order valence-corrected chi connectivity index (χ4v) is 6.49. The van der Waals surface area contributed by atoms with Crippen LogP contribution in [0.25, 0.3) is 0 Å². The van der Waals surface area contributed by atoms with Crippen LogP contribution in [-0.4, -0.2) is 72.1 Å². The Balaban J connectivity index is 1.67. The van der Waals surface area contributed by atoms with E-state index >= 15 is 0 Å². The quantitative estimate of drug-likeness (QED) is 0.123. The Labute approximate surface area is 256 Å². The number of ether oxygens (including phenoxy) is 2. The predicted molar refractivity (Wildman–Crippen MR) is 158 cm³/mol. The van der Waals surface area contributed by atoms with Gasteiger partial charge in [0.05, 0.1) is 6.26 Å². The van der Waals surface area contributed by atoms with Crippen LogP contribution < -0.4 is 5.32 Å². The van der Waals surface area contributed by atoms with E-state index in [9.17, 15) is 28.8 Å². The summed E-state index contributed by atoms with van der Waals surface area (Å²) in [4.78, 5) is 51.4. The van der Waals surface area contributed by atoms with E-state index in [1.807, 2.05) is 37.3 Å². The molecule has 1 aromatic heterocycles. The molecule has 2 unspecified atom stereocenters. The van der Waals surface area contributed by atoms with Gasteiger partial charge in [-0.25, -0.2) is 14.4 Å². The average molecular weight is 637 g/mol. The molecule has 1 fully saturated rings. The third kappa shape index (κ3) is 10.2. The van der Waals surface area contributed by atoms with Gasteiger partial charge in [0.25, 0.3) is 5.91 Å². The van der Waals surface area contributed by atoms with E-state index in [-0.39, 0.29) is 44.7 Å². The van der Waals surface area contributed by atoms with Crippen LogP contribution in [0.15, 0.2) is 53.1 Å². The van der Waals surface area contributed by atoms with Crippen molar-refractivity contribution in [1.82, 2.24) is 10.2 Å². The summed E-state index contributed by atoms with van der Waals surface area (Å²) >= 11 is 0. The van der Waals surface area contributed by atoms with E-state index in [1.165, 1.54) is 23.3 Å². The van der Waals surface area contributed by atoms with E-state index < -0.39 is 49.5 Å². The summed E-state index contributed by atoms with van der Waals surface area (Å²) in [5.41, 5.74) is 0.845. The molecule has 3 rings (SSSR count). The van der Waals surface area contributed by atoms with Gasteiger partial charge in [-0.15, -0.1) is 0 Å². The number of hydrogen-bond acceptors (Lipinski definition) is 10. The van der Waals surface area contributed by atoms with Crippen molar-refractivity contribution >= 4 is 31.5 Å². The van der Waals surface area contributed by atoms with Gasteiger partial charge in [-0.2, -0.15) is 0 Å². The summed E-state index contributed by atoms with van der Waals surface area (Å²) in [5, 5.41) is 12.3. The Kier molecular flexibility index (Phi) is 13.9. The minimum atomic E-state index is -4.27. The largest absolute Gasteiger partial charge is 0.480 e. The number of carbonyl (C=O) groups excluding carboxylic acids is 3. The highest BCUT2D eigenvalue weighted by Gasteiger charge is 2.45. The number of furan rings is 1. The average Bonchev–Trinajstić information content (AvgIpc) is 3.75. The van der Waals surface area contributed by atoms with Gasteiger partial charge in [-0.1, -0.05) is 43.7 Å². The first-order valence-electron chi connectivity index (χ1n) is 14.7. The van der Waals surface area contributed by atoms with Crippen molar-refractivity contribution in [3.05, 3.63) is 60.1 Å². The van der Waals surface area contributed by atoms with Crippen molar-refractivity contribution in [3.8, 4) is 0 Å². The van der Waals surface area contributed by atoms with Crippen molar-refractivity contribution in [2.45, 2.75) is 82.9 Å². The number of unbranched alkanes of at least 4 members (excludes halogenated alkanes) is 2. The lowest BCUT2D eigenvalue weighted by atomic mass is 10.1. The fraction of sp³-hybridized carbons (Fsp3) is 0.533. The van der Waals surface area contributed by atoms with Gasteiger partial charge in [-0.3, -0.25) is 13.9 Å². The maximum absolute atomic E-state index is 14.1. The molecular weight excluding hydrogens is 595 g/mol. The van der Waals surface area contributed by atoms with Crippen LogP contribution in [0.2, 0.25) is 0 Å². The minimum absolute atomic E-state index is 0.0440. The number of alkyl carbamates (subject to hydrolysis) is 1. The van der Waals surface area contributed by atoms with Crippen LogP contribution in [0.5, 0.6) is 0 Å². The minimum Gasteiger partial charge on any atom is -0.480 e. The van der Waals surface area contributed by atoms with E-state index in [0.717, 1.165) is 12.7 Å². The molecule has 44 heavy (non-hydrogen) atoms. The first-order chi connectivity index (χ1) is 21.2. The molecule has 2 N–H and O–H groups in total. The number of nitrogens with zero attached hydrogens (tertiary/aromatic N) is 1. The molecule has 0 aliphatic carbocycles. The predicted octanol–water partition coefficient (Wildman–Crippen LogP) is 5.35. The number of amides is 2. The van der Waals surface area contributed by atoms with Crippen LogP contribution in [0, 0.1) is 0 Å². The monoisotopic (exact) mass is 636 g/mol. The number of esters is 1. The lowest BCUT2D eigenvalue weighted by Gasteiger charge is -2.31. The molecule has 0 bridgehead atoms. The summed E-state index contributed by atoms with van der Waals surface area (Å²) in [5.74, 6) is -4.09. The third-order valence-electron chi connectivity index (χ3n) is 7.12. The maximum atomic E-state index is 14.1. The molecule has 242 valence electrons. The van der Waals surface area contributed by atoms with E-state index in [1.54, 1.807) is 0 Å². The Morgan fingerprint density at radius 1 is 1.09 bits per heavy atom. The fourth-order valence-electron chi connectivity index (χ4n) is 4.76. The van der Waals surface area contributed by atoms with E-state index in [2.05, 4.69) is 5.32 Å². The molecule has 1 aliphatic rings. The Morgan fingerprint density at radius 3 is 2.52 bits per heavy atom. The SMILES string of the molecule is CCCC[C@@H](OC(=O)c1ccco1)P(=O)(OC)OC(CCCCNC(=O)OCc1ccccc1)C(=O)N1CCC[C@H]1C(=O)O. The van der Waals surface area contributed by atoms with Crippen molar-refractivity contribution in [2.24, 2.45) is 0 Å². The summed E-state index contributed by atoms with van der Waals surface area (Å²) in [6.45, 7) is 2.46. The smallest absolute Gasteiger partial charge is 0.407 e. The molecule has 0 saturated carbocycles. The summed E-state index contributed by atoms with van der Waals surface area (Å²) in [6, 6.07) is 11.1. The van der Waals surface area contributed by atoms with Crippen molar-refractivity contribution in [1.29, 1.82) is 0 Å². The van der Waals surface area contributed by atoms with Crippen molar-refractivity contribution in [2.75, 3.05) is 20.2 Å². The zero-order valence-corrected chi connectivity index (χ0v) is 25.9. The number of carboxylic acid groups (broad SMARTS) is 1. The molecule has 13 nitrogen and oxygen atoms in total. The normalized spacial score (nSPS) is 17.3. The van der Waals surface area contributed by atoms with Crippen molar-refractivity contribution in [3.63, 3.8) is 0 Å². The van der Waals surface area contributed by atoms with E-state index in [4.69, 9.17) is 22.9 Å². The highest BCUT2D eigenvalue weighted by Crippen LogP contribution is 2.56. The summed E-state index contributed by atoms with van der Waals surface area (Å²) in [6.07, 6.45) is 2.27. The molecule has 2 amide bonds. The molecule has 0 radical (unpaired) electrons. The summed E-state index contributed by atoms with van der Waals surface area (Å²) < 4.78 is 41.1. The highest BCUT2D eigenvalue weighted by molar-refractivity contribution is 7.54. The van der Waals surface area contributed by atoms with Crippen LogP contribution in [0.4, 0.5) is 4.79 Å². The lowest BCUT2D eigenvalue weighted by molar-refractivity contribution is -0.151. The number of carbonyl (C=O) groups is 4. The first kappa shape index (κ1) is 34.8. The molecule has 1 aliphatic heterocycles. The Hall–Kier alpha value is -3.67. The number of likely N-dealkylation sites (tertiary alicyclic amines) is 1. The molecule has 14 heteroatoms. The third-order valence-corrected chi connectivity index (χ3v) is 9.25. The van der Waals surface area contributed by atoms with Crippen LogP contribution >= 0.6 is 7.60 Å². The van der Waals surface area contributed by atoms with Gasteiger partial charge in [0, 0.05) is 20.2 Å². The highest BCUT2D eigenvalue weighted by atomic mass is 31.2. The van der Waals surface area contributed by atoms with Crippen LogP contribution in [0.1, 0.15) is 74.4 Å². The second-order valence-electron chi connectivity index (χ2n) is 10.3. The van der Waals surface area contributed by atoms with Crippen molar-refractivity contribution < 1.29 is 51.8 Å². The second-order valence-corrected chi connectivity index (χ2v) is 12.5. The molecule has 1 saturated heterocycles. The number of aliphatic carboxylic acids is 1. The van der Waals surface area contributed by atoms with Crippen LogP contribution in [-0.2, 0) is 39.3 Å².